The molecular formula is C15H13N. The Balaban J connectivity index is 1.92. The van der Waals surface area contributed by atoms with Crippen molar-refractivity contribution in [1.82, 2.24) is 4.98 Å². The summed E-state index contributed by atoms with van der Waals surface area (Å²) in [4.78, 5) is 4.51. The summed E-state index contributed by atoms with van der Waals surface area (Å²) in [5, 5.41) is 0. The van der Waals surface area contributed by atoms with E-state index in [4.69, 9.17) is 0 Å². The van der Waals surface area contributed by atoms with Gasteiger partial charge in [-0.05, 0) is 29.9 Å². The number of pyridine rings is 1. The van der Waals surface area contributed by atoms with Crippen molar-refractivity contribution >= 4 is 0 Å². The van der Waals surface area contributed by atoms with Crippen LogP contribution in [0.5, 0.6) is 0 Å². The SMILES string of the molecule is C1=CC2(c3ccccn3)C=CC3C1C3C=C2. The van der Waals surface area contributed by atoms with E-state index in [-0.39, 0.29) is 5.41 Å². The Bertz CT molecular complexity index is 458. The molecule has 1 aromatic rings. The summed E-state index contributed by atoms with van der Waals surface area (Å²) < 4.78 is 0. The van der Waals surface area contributed by atoms with Crippen LogP contribution in [-0.4, -0.2) is 4.98 Å². The van der Waals surface area contributed by atoms with Crippen molar-refractivity contribution in [3.63, 3.8) is 0 Å². The maximum atomic E-state index is 4.51. The van der Waals surface area contributed by atoms with Gasteiger partial charge in [0.2, 0.25) is 0 Å². The lowest BCUT2D eigenvalue weighted by Gasteiger charge is -2.21. The van der Waals surface area contributed by atoms with Crippen LogP contribution < -0.4 is 0 Å². The van der Waals surface area contributed by atoms with E-state index in [0.717, 1.165) is 23.4 Å². The van der Waals surface area contributed by atoms with E-state index in [1.54, 1.807) is 0 Å². The van der Waals surface area contributed by atoms with Gasteiger partial charge in [-0.2, -0.15) is 0 Å². The first-order valence-electron chi connectivity index (χ1n) is 5.89. The average molecular weight is 207 g/mol. The van der Waals surface area contributed by atoms with Crippen molar-refractivity contribution in [1.29, 1.82) is 0 Å². The van der Waals surface area contributed by atoms with Gasteiger partial charge in [-0.15, -0.1) is 0 Å². The van der Waals surface area contributed by atoms with Gasteiger partial charge in [-0.1, -0.05) is 42.5 Å². The van der Waals surface area contributed by atoms with Gasteiger partial charge in [0.25, 0.3) is 0 Å². The zero-order chi connectivity index (χ0) is 10.6. The van der Waals surface area contributed by atoms with Gasteiger partial charge in [0, 0.05) is 6.20 Å². The summed E-state index contributed by atoms with van der Waals surface area (Å²) in [6, 6.07) is 6.14. The monoisotopic (exact) mass is 207 g/mol. The van der Waals surface area contributed by atoms with Crippen molar-refractivity contribution in [2.45, 2.75) is 5.41 Å². The van der Waals surface area contributed by atoms with E-state index in [9.17, 15) is 0 Å². The first kappa shape index (κ1) is 8.51. The van der Waals surface area contributed by atoms with Crippen LogP contribution >= 0.6 is 0 Å². The fourth-order valence-electron chi connectivity index (χ4n) is 3.01. The minimum Gasteiger partial charge on any atom is -0.260 e. The molecule has 4 aliphatic carbocycles. The first-order chi connectivity index (χ1) is 7.89. The summed E-state index contributed by atoms with van der Waals surface area (Å²) in [6.07, 6.45) is 16.0. The van der Waals surface area contributed by atoms with Crippen LogP contribution in [0.3, 0.4) is 0 Å². The third kappa shape index (κ3) is 0.981. The highest BCUT2D eigenvalue weighted by Crippen LogP contribution is 2.55. The molecule has 1 saturated carbocycles. The quantitative estimate of drug-likeness (QED) is 0.645. The van der Waals surface area contributed by atoms with Crippen LogP contribution in [-0.2, 0) is 5.41 Å². The summed E-state index contributed by atoms with van der Waals surface area (Å²) in [6.45, 7) is 0. The molecule has 1 nitrogen and oxygen atoms in total. The highest BCUT2D eigenvalue weighted by atomic mass is 14.7. The van der Waals surface area contributed by atoms with Gasteiger partial charge < -0.3 is 0 Å². The molecule has 0 aromatic carbocycles. The molecule has 16 heavy (non-hydrogen) atoms. The average Bonchev–Trinajstić information content (AvgIpc) is 3.09. The van der Waals surface area contributed by atoms with Gasteiger partial charge in [0.05, 0.1) is 11.1 Å². The second kappa shape index (κ2) is 2.73. The molecule has 1 heterocycles. The van der Waals surface area contributed by atoms with Crippen molar-refractivity contribution < 1.29 is 0 Å². The molecule has 78 valence electrons. The van der Waals surface area contributed by atoms with Gasteiger partial charge >= 0.3 is 0 Å². The smallest absolute Gasteiger partial charge is 0.0666 e. The minimum atomic E-state index is -0.0838. The zero-order valence-corrected chi connectivity index (χ0v) is 8.95. The van der Waals surface area contributed by atoms with E-state index in [1.165, 1.54) is 0 Å². The minimum absolute atomic E-state index is 0.0838. The Morgan fingerprint density at radius 1 is 0.875 bits per heavy atom. The molecule has 0 amide bonds. The number of allylic oxidation sites excluding steroid dienone is 6. The van der Waals surface area contributed by atoms with Crippen LogP contribution in [0, 0.1) is 17.8 Å². The van der Waals surface area contributed by atoms with E-state index in [2.05, 4.69) is 53.6 Å². The number of hydrogen-bond acceptors (Lipinski definition) is 1. The van der Waals surface area contributed by atoms with E-state index in [1.807, 2.05) is 12.3 Å². The van der Waals surface area contributed by atoms with Crippen molar-refractivity contribution in [2.75, 3.05) is 0 Å². The van der Waals surface area contributed by atoms with Crippen LogP contribution in [0.1, 0.15) is 5.69 Å². The lowest BCUT2D eigenvalue weighted by Crippen LogP contribution is -2.18. The molecule has 0 saturated heterocycles. The molecule has 1 heteroatoms. The highest BCUT2D eigenvalue weighted by molar-refractivity contribution is 5.46. The standard InChI is InChI=1S/C15H13N/c1-2-10-16-14(3-1)15-7-4-11-12(5-8-15)13(11)6-9-15/h1-13H. The van der Waals surface area contributed by atoms with Crippen LogP contribution in [0.4, 0.5) is 0 Å². The molecule has 5 rings (SSSR count). The Kier molecular flexibility index (Phi) is 1.45. The second-order valence-electron chi connectivity index (χ2n) is 4.96. The fourth-order valence-corrected chi connectivity index (χ4v) is 3.01. The maximum Gasteiger partial charge on any atom is 0.0666 e. The predicted molar refractivity (Wildman–Crippen MR) is 63.8 cm³/mol. The van der Waals surface area contributed by atoms with Crippen LogP contribution in [0.15, 0.2) is 60.9 Å². The van der Waals surface area contributed by atoms with E-state index >= 15 is 0 Å². The third-order valence-corrected chi connectivity index (χ3v) is 4.08. The molecule has 1 aromatic heterocycles. The zero-order valence-electron chi connectivity index (χ0n) is 8.95. The third-order valence-electron chi connectivity index (χ3n) is 4.08. The molecule has 1 fully saturated rings. The fraction of sp³-hybridized carbons (Fsp3) is 0.267. The first-order valence-corrected chi connectivity index (χ1v) is 5.89. The highest BCUT2D eigenvalue weighted by Gasteiger charge is 2.49. The molecule has 0 spiro atoms. The molecule has 0 aliphatic heterocycles. The molecule has 0 atom stereocenters. The van der Waals surface area contributed by atoms with Gasteiger partial charge in [0.1, 0.15) is 0 Å². The van der Waals surface area contributed by atoms with Crippen molar-refractivity contribution in [3.8, 4) is 0 Å². The Morgan fingerprint density at radius 3 is 2.00 bits per heavy atom. The van der Waals surface area contributed by atoms with Gasteiger partial charge in [0.15, 0.2) is 0 Å². The number of aromatic nitrogens is 1. The predicted octanol–water partition coefficient (Wildman–Crippen LogP) is 2.88. The van der Waals surface area contributed by atoms with Gasteiger partial charge in [-0.25, -0.2) is 0 Å². The van der Waals surface area contributed by atoms with Crippen molar-refractivity contribution in [2.24, 2.45) is 17.8 Å². The molecule has 0 radical (unpaired) electrons. The van der Waals surface area contributed by atoms with E-state index < -0.39 is 0 Å². The summed E-state index contributed by atoms with van der Waals surface area (Å²) in [5.41, 5.74) is 1.04. The largest absolute Gasteiger partial charge is 0.260 e. The molecule has 4 bridgehead atoms. The normalized spacial score (nSPS) is 41.9. The Labute approximate surface area is 95.2 Å². The summed E-state index contributed by atoms with van der Waals surface area (Å²) >= 11 is 0. The maximum absolute atomic E-state index is 4.51. The number of hydrogen-bond donors (Lipinski definition) is 0. The second-order valence-corrected chi connectivity index (χ2v) is 4.96. The number of nitrogens with zero attached hydrogens (tertiary/aromatic N) is 1. The summed E-state index contributed by atoms with van der Waals surface area (Å²) in [5.74, 6) is 2.25. The molecule has 4 aliphatic rings. The summed E-state index contributed by atoms with van der Waals surface area (Å²) in [7, 11) is 0. The Morgan fingerprint density at radius 2 is 1.50 bits per heavy atom. The Hall–Kier alpha value is -1.63. The van der Waals surface area contributed by atoms with Gasteiger partial charge in [-0.3, -0.25) is 4.98 Å². The molecular weight excluding hydrogens is 194 g/mol. The molecule has 0 unspecified atom stereocenters. The lowest BCUT2D eigenvalue weighted by atomic mass is 9.83. The topological polar surface area (TPSA) is 12.9 Å². The van der Waals surface area contributed by atoms with Crippen LogP contribution in [0.2, 0.25) is 0 Å². The van der Waals surface area contributed by atoms with Crippen molar-refractivity contribution in [3.05, 3.63) is 66.5 Å². The van der Waals surface area contributed by atoms with Crippen LogP contribution in [0.25, 0.3) is 0 Å². The van der Waals surface area contributed by atoms with E-state index in [0.29, 0.717) is 0 Å². The lowest BCUT2D eigenvalue weighted by molar-refractivity contribution is 0.812. The molecule has 0 N–H and O–H groups in total. The number of rotatable bonds is 1.